The Balaban J connectivity index is 2.20. The van der Waals surface area contributed by atoms with Gasteiger partial charge in [-0.25, -0.2) is 4.79 Å². The Morgan fingerprint density at radius 3 is 2.50 bits per heavy atom. The molecule has 0 spiro atoms. The van der Waals surface area contributed by atoms with E-state index in [4.69, 9.17) is 0 Å². The van der Waals surface area contributed by atoms with Gasteiger partial charge in [-0.2, -0.15) is 0 Å². The summed E-state index contributed by atoms with van der Waals surface area (Å²) < 4.78 is 2.55. The summed E-state index contributed by atoms with van der Waals surface area (Å²) in [6.07, 6.45) is 1.16. The molecule has 1 N–H and O–H groups in total. The minimum absolute atomic E-state index is 0.198. The number of nitrogens with zero attached hydrogens (tertiary/aromatic N) is 2. The number of hydrogen-bond acceptors (Lipinski definition) is 3. The van der Waals surface area contributed by atoms with Gasteiger partial charge in [-0.05, 0) is 18.9 Å². The maximum atomic E-state index is 12.0. The Labute approximate surface area is 116 Å². The molecule has 0 bridgehead atoms. The van der Waals surface area contributed by atoms with Crippen LogP contribution in [-0.2, 0) is 13.6 Å². The smallest absolute Gasteiger partial charge is 0.330 e. The molecule has 2 rings (SSSR count). The van der Waals surface area contributed by atoms with Crippen LogP contribution < -0.4 is 11.2 Å². The zero-order chi connectivity index (χ0) is 14.7. The second kappa shape index (κ2) is 5.88. The fraction of sp³-hybridized carbons (Fsp3) is 0.333. The zero-order valence-electron chi connectivity index (χ0n) is 11.6. The van der Waals surface area contributed by atoms with Crippen molar-refractivity contribution in [1.82, 2.24) is 9.13 Å². The van der Waals surface area contributed by atoms with Crippen molar-refractivity contribution in [3.8, 4) is 0 Å². The quantitative estimate of drug-likeness (QED) is 0.904. The Kier molecular flexibility index (Phi) is 4.20. The number of hydrogen-bond donors (Lipinski definition) is 1. The third-order valence-corrected chi connectivity index (χ3v) is 3.31. The van der Waals surface area contributed by atoms with E-state index >= 15 is 0 Å². The molecule has 1 unspecified atom stereocenters. The lowest BCUT2D eigenvalue weighted by Gasteiger charge is -2.13. The molecule has 2 aromatic rings. The van der Waals surface area contributed by atoms with Gasteiger partial charge in [0.1, 0.15) is 0 Å². The fourth-order valence-electron chi connectivity index (χ4n) is 2.18. The Morgan fingerprint density at radius 1 is 1.20 bits per heavy atom. The van der Waals surface area contributed by atoms with Crippen LogP contribution in [0.1, 0.15) is 23.7 Å². The number of aliphatic hydroxyl groups is 1. The molecule has 106 valence electrons. The Bertz CT molecular complexity index is 667. The van der Waals surface area contributed by atoms with Gasteiger partial charge in [0, 0.05) is 25.4 Å². The van der Waals surface area contributed by atoms with E-state index in [0.717, 1.165) is 5.56 Å². The van der Waals surface area contributed by atoms with Gasteiger partial charge in [-0.3, -0.25) is 9.36 Å². The van der Waals surface area contributed by atoms with E-state index in [1.807, 2.05) is 30.3 Å². The highest BCUT2D eigenvalue weighted by Gasteiger charge is 2.11. The van der Waals surface area contributed by atoms with Gasteiger partial charge in [0.2, 0.25) is 0 Å². The molecule has 0 radical (unpaired) electrons. The van der Waals surface area contributed by atoms with Gasteiger partial charge in [-0.1, -0.05) is 30.3 Å². The normalized spacial score (nSPS) is 12.3. The first-order valence-corrected chi connectivity index (χ1v) is 6.51. The van der Waals surface area contributed by atoms with Crippen molar-refractivity contribution in [3.05, 3.63) is 68.5 Å². The number of benzene rings is 1. The van der Waals surface area contributed by atoms with Crippen molar-refractivity contribution in [2.75, 3.05) is 0 Å². The average Bonchev–Trinajstić information content (AvgIpc) is 2.46. The first-order chi connectivity index (χ1) is 9.50. The van der Waals surface area contributed by atoms with Crippen LogP contribution >= 0.6 is 0 Å². The maximum absolute atomic E-state index is 12.0. The minimum atomic E-state index is -0.687. The van der Waals surface area contributed by atoms with E-state index in [1.165, 1.54) is 15.3 Å². The van der Waals surface area contributed by atoms with Gasteiger partial charge in [-0.15, -0.1) is 0 Å². The molecule has 0 saturated heterocycles. The molecular weight excluding hydrogens is 256 g/mol. The summed E-state index contributed by atoms with van der Waals surface area (Å²) in [5.74, 6) is 0. The van der Waals surface area contributed by atoms with Crippen LogP contribution in [0.3, 0.4) is 0 Å². The van der Waals surface area contributed by atoms with Crippen LogP contribution in [0.4, 0.5) is 0 Å². The van der Waals surface area contributed by atoms with Gasteiger partial charge >= 0.3 is 5.69 Å². The molecule has 0 aliphatic heterocycles. The molecule has 1 aromatic heterocycles. The lowest BCUT2D eigenvalue weighted by atomic mass is 10.1. The largest absolute Gasteiger partial charge is 0.388 e. The van der Waals surface area contributed by atoms with Crippen LogP contribution in [0.2, 0.25) is 0 Å². The summed E-state index contributed by atoms with van der Waals surface area (Å²) in [5.41, 5.74) is 0.639. The number of aromatic nitrogens is 2. The summed E-state index contributed by atoms with van der Waals surface area (Å²) in [5, 5.41) is 10.1. The standard InChI is InChI=1S/C15H18N2O3/c1-11-10-16(2)15(20)17(14(11)19)9-8-13(18)12-6-4-3-5-7-12/h3-7,10,13,18H,8-9H2,1-2H3. The van der Waals surface area contributed by atoms with Crippen molar-refractivity contribution in [3.63, 3.8) is 0 Å². The van der Waals surface area contributed by atoms with E-state index in [2.05, 4.69) is 0 Å². The molecule has 5 heteroatoms. The van der Waals surface area contributed by atoms with E-state index < -0.39 is 6.10 Å². The summed E-state index contributed by atoms with van der Waals surface area (Å²) >= 11 is 0. The SMILES string of the molecule is Cc1cn(C)c(=O)n(CCC(O)c2ccccc2)c1=O. The van der Waals surface area contributed by atoms with Crippen molar-refractivity contribution >= 4 is 0 Å². The van der Waals surface area contributed by atoms with Crippen molar-refractivity contribution in [2.45, 2.75) is 26.0 Å². The van der Waals surface area contributed by atoms with E-state index in [0.29, 0.717) is 12.0 Å². The van der Waals surface area contributed by atoms with Crippen LogP contribution in [0, 0.1) is 6.92 Å². The molecule has 0 fully saturated rings. The second-order valence-corrected chi connectivity index (χ2v) is 4.88. The highest BCUT2D eigenvalue weighted by Crippen LogP contribution is 2.15. The number of aliphatic hydroxyl groups excluding tert-OH is 1. The molecule has 0 aliphatic rings. The third-order valence-electron chi connectivity index (χ3n) is 3.31. The second-order valence-electron chi connectivity index (χ2n) is 4.88. The van der Waals surface area contributed by atoms with Crippen molar-refractivity contribution in [1.29, 1.82) is 0 Å². The molecule has 5 nitrogen and oxygen atoms in total. The average molecular weight is 274 g/mol. The van der Waals surface area contributed by atoms with Crippen molar-refractivity contribution < 1.29 is 5.11 Å². The molecule has 20 heavy (non-hydrogen) atoms. The highest BCUT2D eigenvalue weighted by atomic mass is 16.3. The molecule has 0 aliphatic carbocycles. The lowest BCUT2D eigenvalue weighted by molar-refractivity contribution is 0.160. The Hall–Kier alpha value is -2.14. The van der Waals surface area contributed by atoms with Crippen LogP contribution in [0.25, 0.3) is 0 Å². The van der Waals surface area contributed by atoms with Gasteiger partial charge in [0.05, 0.1) is 6.10 Å². The number of rotatable bonds is 4. The molecule has 1 atom stereocenters. The first-order valence-electron chi connectivity index (χ1n) is 6.51. The number of aryl methyl sites for hydroxylation is 2. The van der Waals surface area contributed by atoms with Gasteiger partial charge in [0.15, 0.2) is 0 Å². The van der Waals surface area contributed by atoms with Crippen molar-refractivity contribution in [2.24, 2.45) is 7.05 Å². The van der Waals surface area contributed by atoms with Gasteiger partial charge in [0.25, 0.3) is 5.56 Å². The third kappa shape index (κ3) is 2.88. The summed E-state index contributed by atoms with van der Waals surface area (Å²) in [7, 11) is 1.61. The predicted octanol–water partition coefficient (Wildman–Crippen LogP) is 0.979. The van der Waals surface area contributed by atoms with Crippen LogP contribution in [0.15, 0.2) is 46.1 Å². The monoisotopic (exact) mass is 274 g/mol. The maximum Gasteiger partial charge on any atom is 0.330 e. The van der Waals surface area contributed by atoms with Crippen LogP contribution in [-0.4, -0.2) is 14.2 Å². The summed E-state index contributed by atoms with van der Waals surface area (Å²) in [4.78, 5) is 23.9. The zero-order valence-corrected chi connectivity index (χ0v) is 11.6. The summed E-state index contributed by atoms with van der Waals surface area (Å²) in [6.45, 7) is 1.87. The van der Waals surface area contributed by atoms with E-state index in [1.54, 1.807) is 14.0 Å². The van der Waals surface area contributed by atoms with E-state index in [9.17, 15) is 14.7 Å². The summed E-state index contributed by atoms with van der Waals surface area (Å²) in [6, 6.07) is 9.20. The fourth-order valence-corrected chi connectivity index (χ4v) is 2.18. The van der Waals surface area contributed by atoms with Crippen LogP contribution in [0.5, 0.6) is 0 Å². The van der Waals surface area contributed by atoms with Gasteiger partial charge < -0.3 is 9.67 Å². The topological polar surface area (TPSA) is 64.2 Å². The Morgan fingerprint density at radius 2 is 1.85 bits per heavy atom. The lowest BCUT2D eigenvalue weighted by Crippen LogP contribution is -2.40. The minimum Gasteiger partial charge on any atom is -0.388 e. The molecule has 0 saturated carbocycles. The van der Waals surface area contributed by atoms with E-state index in [-0.39, 0.29) is 17.8 Å². The highest BCUT2D eigenvalue weighted by molar-refractivity contribution is 5.17. The first kappa shape index (κ1) is 14.3. The predicted molar refractivity (Wildman–Crippen MR) is 76.7 cm³/mol. The molecule has 1 heterocycles. The molecular formula is C15H18N2O3. The molecule has 0 amide bonds. The molecule has 1 aromatic carbocycles.